The molecule has 3 aliphatic heterocycles. The molecule has 1 spiro atoms. The zero-order valence-corrected chi connectivity index (χ0v) is 25.9. The average Bonchev–Trinajstić information content (AvgIpc) is 3.69. The van der Waals surface area contributed by atoms with Crippen LogP contribution < -0.4 is 5.32 Å². The Hall–Kier alpha value is -3.98. The molecule has 3 aromatic rings. The summed E-state index contributed by atoms with van der Waals surface area (Å²) in [6.45, 7) is 12.4. The van der Waals surface area contributed by atoms with Crippen LogP contribution in [-0.2, 0) is 46.4 Å². The van der Waals surface area contributed by atoms with E-state index in [1.807, 2.05) is 19.1 Å². The number of nitrogens with one attached hydrogen (secondary N) is 4. The monoisotopic (exact) mass is 586 g/mol. The van der Waals surface area contributed by atoms with Crippen LogP contribution in [0.4, 0.5) is 0 Å². The lowest BCUT2D eigenvalue weighted by molar-refractivity contribution is -0.158. The third-order valence-electron chi connectivity index (χ3n) is 10.2. The number of esters is 1. The van der Waals surface area contributed by atoms with Crippen LogP contribution in [-0.4, -0.2) is 48.3 Å². The molecule has 0 unspecified atom stereocenters. The Labute approximate surface area is 251 Å². The molecule has 9 heteroatoms. The summed E-state index contributed by atoms with van der Waals surface area (Å²) < 4.78 is 5.99. The Kier molecular flexibility index (Phi) is 6.99. The number of aromatic nitrogens is 3. The lowest BCUT2D eigenvalue weighted by Gasteiger charge is -2.34. The summed E-state index contributed by atoms with van der Waals surface area (Å²) >= 11 is 0. The summed E-state index contributed by atoms with van der Waals surface area (Å²) in [4.78, 5) is 35.2. The Morgan fingerprint density at radius 2 is 1.44 bits per heavy atom. The molecule has 9 nitrogen and oxygen atoms in total. The molecular weight excluding hydrogens is 544 g/mol. The Bertz CT molecular complexity index is 1710. The van der Waals surface area contributed by atoms with Gasteiger partial charge in [0.1, 0.15) is 5.60 Å². The highest BCUT2D eigenvalue weighted by molar-refractivity contribution is 5.77. The second kappa shape index (κ2) is 10.3. The Morgan fingerprint density at radius 1 is 0.860 bits per heavy atom. The van der Waals surface area contributed by atoms with E-state index in [1.165, 1.54) is 22.4 Å². The number of aromatic amines is 3. The van der Waals surface area contributed by atoms with Gasteiger partial charge in [0.25, 0.3) is 0 Å². The third-order valence-corrected chi connectivity index (χ3v) is 10.2. The number of carboxylic acids is 1. The maximum Gasteiger partial charge on any atom is 0.307 e. The number of fused-ring (bicyclic) bond motifs is 9. The van der Waals surface area contributed by atoms with Crippen LogP contribution >= 0.6 is 0 Å². The van der Waals surface area contributed by atoms with E-state index in [-0.39, 0.29) is 18.8 Å². The highest BCUT2D eigenvalue weighted by Crippen LogP contribution is 2.50. The molecule has 2 atom stereocenters. The van der Waals surface area contributed by atoms with Crippen molar-refractivity contribution in [2.45, 2.75) is 104 Å². The van der Waals surface area contributed by atoms with E-state index in [4.69, 9.17) is 4.74 Å². The second-order valence-electron chi connectivity index (χ2n) is 12.5. The predicted molar refractivity (Wildman–Crippen MR) is 165 cm³/mol. The molecule has 6 heterocycles. The normalized spacial score (nSPS) is 25.3. The van der Waals surface area contributed by atoms with Gasteiger partial charge in [-0.1, -0.05) is 13.8 Å². The van der Waals surface area contributed by atoms with E-state index in [2.05, 4.69) is 48.0 Å². The lowest BCUT2D eigenvalue weighted by Crippen LogP contribution is -2.49. The van der Waals surface area contributed by atoms with Crippen molar-refractivity contribution in [3.05, 3.63) is 78.9 Å². The van der Waals surface area contributed by atoms with Gasteiger partial charge in [0.15, 0.2) is 5.60 Å². The van der Waals surface area contributed by atoms with Crippen molar-refractivity contribution in [1.82, 2.24) is 20.3 Å². The van der Waals surface area contributed by atoms with Crippen molar-refractivity contribution in [3.8, 4) is 0 Å². The molecule has 2 saturated heterocycles. The largest absolute Gasteiger partial charge is 0.481 e. The summed E-state index contributed by atoms with van der Waals surface area (Å²) in [5, 5.41) is 25.1. The minimum absolute atomic E-state index is 0.00925. The molecule has 43 heavy (non-hydrogen) atoms. The molecule has 0 aliphatic carbocycles. The smallest absolute Gasteiger partial charge is 0.307 e. The van der Waals surface area contributed by atoms with Crippen LogP contribution in [0, 0.1) is 20.8 Å². The van der Waals surface area contributed by atoms with Gasteiger partial charge in [-0.25, -0.2) is 0 Å². The topological polar surface area (TPSA) is 143 Å². The van der Waals surface area contributed by atoms with E-state index in [9.17, 15) is 19.8 Å². The van der Waals surface area contributed by atoms with Crippen LogP contribution in [0.25, 0.3) is 12.2 Å². The number of carbonyl (C=O) groups excluding carboxylic acids is 1. The standard InChI is InChI=1S/C34H42N4O5/c1-7-20-17(3)23-13-27-21(8-2)18(4)25(37-27)15-29-33(6,42)34(12-11-32(41)43-34)30(38-29)16-28-22(9-10-31(39)40)19(5)24(36-28)14-26(20)35-23/h15-16,35-38,42H,7-14H2,1-6H3,(H,39,40)/b29-15-,30-16+/t33-,34+/m0/s1. The van der Waals surface area contributed by atoms with Gasteiger partial charge in [-0.3, -0.25) is 9.59 Å². The molecule has 8 bridgehead atoms. The SMILES string of the molecule is CCc1c2[nH]c(c1C)/C=C1\N/C(=C/c3[nH]c(c(C)c3CCC(=O)O)Cc3[nH]c(c(C)c3CC)C2)[C@]2(CCC(=O)O2)[C@@]1(C)O. The van der Waals surface area contributed by atoms with Gasteiger partial charge in [-0.05, 0) is 92.5 Å². The first kappa shape index (κ1) is 29.1. The maximum atomic E-state index is 12.6. The first-order valence-corrected chi connectivity index (χ1v) is 15.4. The summed E-state index contributed by atoms with van der Waals surface area (Å²) in [6, 6.07) is 0. The molecular formula is C34H42N4O5. The van der Waals surface area contributed by atoms with Crippen LogP contribution in [0.3, 0.4) is 0 Å². The first-order valence-electron chi connectivity index (χ1n) is 15.4. The number of aliphatic carboxylic acids is 1. The van der Waals surface area contributed by atoms with E-state index < -0.39 is 17.2 Å². The fraction of sp³-hybridized carbons (Fsp3) is 0.471. The fourth-order valence-electron chi connectivity index (χ4n) is 7.56. The van der Waals surface area contributed by atoms with Crippen LogP contribution in [0.15, 0.2) is 11.4 Å². The molecule has 2 fully saturated rings. The lowest BCUT2D eigenvalue weighted by atomic mass is 9.80. The van der Waals surface area contributed by atoms with E-state index >= 15 is 0 Å². The number of aliphatic hydroxyl groups is 1. The van der Waals surface area contributed by atoms with Gasteiger partial charge in [0.2, 0.25) is 0 Å². The van der Waals surface area contributed by atoms with Crippen molar-refractivity contribution >= 4 is 24.1 Å². The summed E-state index contributed by atoms with van der Waals surface area (Å²) in [5.74, 6) is -1.22. The first-order chi connectivity index (χ1) is 20.4. The highest BCUT2D eigenvalue weighted by atomic mass is 16.6. The highest BCUT2D eigenvalue weighted by Gasteiger charge is 2.63. The summed E-state index contributed by atoms with van der Waals surface area (Å²) in [7, 11) is 0. The van der Waals surface area contributed by atoms with Crippen molar-refractivity contribution in [2.75, 3.05) is 0 Å². The zero-order chi connectivity index (χ0) is 30.8. The van der Waals surface area contributed by atoms with Gasteiger partial charge < -0.3 is 35.2 Å². The number of ether oxygens (including phenoxy) is 1. The van der Waals surface area contributed by atoms with Crippen molar-refractivity contribution in [1.29, 1.82) is 0 Å². The minimum Gasteiger partial charge on any atom is -0.481 e. The molecule has 0 radical (unpaired) electrons. The molecule has 6 rings (SSSR count). The molecule has 3 aromatic heterocycles. The van der Waals surface area contributed by atoms with Crippen LogP contribution in [0.5, 0.6) is 0 Å². The third kappa shape index (κ3) is 4.47. The van der Waals surface area contributed by atoms with E-state index in [0.29, 0.717) is 30.7 Å². The Balaban J connectivity index is 1.62. The minimum atomic E-state index is -1.52. The van der Waals surface area contributed by atoms with Crippen molar-refractivity contribution in [3.63, 3.8) is 0 Å². The number of H-pyrrole nitrogens is 3. The number of hydrogen-bond acceptors (Lipinski definition) is 5. The number of carbonyl (C=O) groups is 2. The molecule has 3 aliphatic rings. The fourth-order valence-corrected chi connectivity index (χ4v) is 7.56. The van der Waals surface area contributed by atoms with Gasteiger partial charge in [0.05, 0.1) is 11.4 Å². The van der Waals surface area contributed by atoms with Gasteiger partial charge in [-0.15, -0.1) is 0 Å². The Morgan fingerprint density at radius 3 is 2.07 bits per heavy atom. The summed E-state index contributed by atoms with van der Waals surface area (Å²) in [6.07, 6.45) is 7.85. The van der Waals surface area contributed by atoms with Gasteiger partial charge in [0, 0.05) is 66.3 Å². The maximum absolute atomic E-state index is 12.6. The molecule has 0 aromatic carbocycles. The average molecular weight is 587 g/mol. The molecule has 228 valence electrons. The van der Waals surface area contributed by atoms with Gasteiger partial charge in [-0.2, -0.15) is 0 Å². The van der Waals surface area contributed by atoms with E-state index in [1.54, 1.807) is 6.92 Å². The van der Waals surface area contributed by atoms with Crippen LogP contribution in [0.2, 0.25) is 0 Å². The number of carboxylic acid groups (broad SMARTS) is 1. The van der Waals surface area contributed by atoms with Crippen molar-refractivity contribution in [2.24, 2.45) is 0 Å². The molecule has 0 saturated carbocycles. The van der Waals surface area contributed by atoms with Gasteiger partial charge >= 0.3 is 11.9 Å². The van der Waals surface area contributed by atoms with E-state index in [0.717, 1.165) is 64.4 Å². The van der Waals surface area contributed by atoms with Crippen LogP contribution in [0.1, 0.15) is 108 Å². The zero-order valence-electron chi connectivity index (χ0n) is 25.9. The second-order valence-corrected chi connectivity index (χ2v) is 12.5. The van der Waals surface area contributed by atoms with Crippen molar-refractivity contribution < 1.29 is 24.5 Å². The number of rotatable bonds is 5. The number of hydrogen-bond donors (Lipinski definition) is 6. The summed E-state index contributed by atoms with van der Waals surface area (Å²) in [5.41, 5.74) is 11.3. The molecule has 6 N–H and O–H groups in total. The quantitative estimate of drug-likeness (QED) is 0.231. The molecule has 0 amide bonds. The predicted octanol–water partition coefficient (Wildman–Crippen LogP) is 5.05.